The zero-order valence-electron chi connectivity index (χ0n) is 11.9. The molecule has 1 aromatic carbocycles. The fraction of sp³-hybridized carbons (Fsp3) is 0.533. The van der Waals surface area contributed by atoms with Crippen LogP contribution in [0.15, 0.2) is 18.2 Å². The summed E-state index contributed by atoms with van der Waals surface area (Å²) in [6.07, 6.45) is 1.30. The van der Waals surface area contributed by atoms with Gasteiger partial charge >= 0.3 is 0 Å². The molecule has 0 aliphatic carbocycles. The quantitative estimate of drug-likeness (QED) is 0.831. The van der Waals surface area contributed by atoms with E-state index in [-0.39, 0.29) is 17.6 Å². The first kappa shape index (κ1) is 15.6. The van der Waals surface area contributed by atoms with Crippen LogP contribution in [-0.4, -0.2) is 12.5 Å². The van der Waals surface area contributed by atoms with E-state index in [2.05, 4.69) is 19.2 Å². The van der Waals surface area contributed by atoms with E-state index in [4.69, 9.17) is 5.73 Å². The van der Waals surface area contributed by atoms with Crippen molar-refractivity contribution in [3.63, 3.8) is 0 Å². The first-order valence-electron chi connectivity index (χ1n) is 6.68. The molecule has 1 amide bonds. The van der Waals surface area contributed by atoms with Gasteiger partial charge in [0.2, 0.25) is 5.91 Å². The number of aryl methyl sites for hydroxylation is 1. The number of benzene rings is 1. The van der Waals surface area contributed by atoms with Gasteiger partial charge < -0.3 is 11.1 Å². The lowest BCUT2D eigenvalue weighted by atomic mass is 9.94. The van der Waals surface area contributed by atoms with Gasteiger partial charge in [-0.2, -0.15) is 0 Å². The summed E-state index contributed by atoms with van der Waals surface area (Å²) in [5, 5.41) is 2.75. The van der Waals surface area contributed by atoms with Crippen LogP contribution in [0, 0.1) is 24.6 Å². The van der Waals surface area contributed by atoms with Gasteiger partial charge in [-0.25, -0.2) is 4.39 Å². The minimum atomic E-state index is -0.349. The zero-order chi connectivity index (χ0) is 14.4. The molecule has 1 atom stereocenters. The maximum absolute atomic E-state index is 13.1. The Bertz CT molecular complexity index is 432. The van der Waals surface area contributed by atoms with Crippen molar-refractivity contribution in [3.8, 4) is 0 Å². The van der Waals surface area contributed by atoms with Crippen molar-refractivity contribution >= 4 is 11.6 Å². The number of halogens is 1. The first-order valence-corrected chi connectivity index (χ1v) is 6.68. The van der Waals surface area contributed by atoms with Crippen LogP contribution in [0.2, 0.25) is 0 Å². The second kappa shape index (κ2) is 7.24. The van der Waals surface area contributed by atoms with Crippen molar-refractivity contribution < 1.29 is 9.18 Å². The maximum atomic E-state index is 13.1. The van der Waals surface area contributed by atoms with Crippen molar-refractivity contribution in [1.82, 2.24) is 0 Å². The third-order valence-corrected chi connectivity index (χ3v) is 3.09. The van der Waals surface area contributed by atoms with E-state index in [1.54, 1.807) is 6.07 Å². The molecule has 1 aromatic rings. The summed E-state index contributed by atoms with van der Waals surface area (Å²) in [7, 11) is 0. The van der Waals surface area contributed by atoms with E-state index in [0.717, 1.165) is 12.0 Å². The minimum Gasteiger partial charge on any atom is -0.330 e. The van der Waals surface area contributed by atoms with E-state index in [1.807, 2.05) is 6.92 Å². The molecule has 0 aliphatic heterocycles. The molecule has 0 heterocycles. The molecule has 0 unspecified atom stereocenters. The third-order valence-electron chi connectivity index (χ3n) is 3.09. The standard InChI is InChI=1S/C15H23FN2O/c1-10(2)6-12(9-17)7-15(19)18-14-8-13(16)5-4-11(14)3/h4-5,8,10,12H,6-7,9,17H2,1-3H3,(H,18,19)/t12-/m0/s1. The van der Waals surface area contributed by atoms with Gasteiger partial charge in [-0.3, -0.25) is 4.79 Å². The van der Waals surface area contributed by atoms with Gasteiger partial charge in [0, 0.05) is 12.1 Å². The molecule has 0 radical (unpaired) electrons. The van der Waals surface area contributed by atoms with E-state index >= 15 is 0 Å². The van der Waals surface area contributed by atoms with Gasteiger partial charge in [0.25, 0.3) is 0 Å². The van der Waals surface area contributed by atoms with Crippen LogP contribution in [0.4, 0.5) is 10.1 Å². The van der Waals surface area contributed by atoms with Gasteiger partial charge in [-0.15, -0.1) is 0 Å². The van der Waals surface area contributed by atoms with Crippen molar-refractivity contribution in [2.75, 3.05) is 11.9 Å². The Balaban J connectivity index is 2.61. The van der Waals surface area contributed by atoms with Gasteiger partial charge in [0.05, 0.1) is 0 Å². The summed E-state index contributed by atoms with van der Waals surface area (Å²) in [5.74, 6) is 0.231. The number of nitrogens with one attached hydrogen (secondary N) is 1. The highest BCUT2D eigenvalue weighted by Crippen LogP contribution is 2.19. The van der Waals surface area contributed by atoms with Crippen molar-refractivity contribution in [1.29, 1.82) is 0 Å². The van der Waals surface area contributed by atoms with Crippen molar-refractivity contribution in [2.24, 2.45) is 17.6 Å². The molecule has 0 aromatic heterocycles. The van der Waals surface area contributed by atoms with Crippen LogP contribution in [0.25, 0.3) is 0 Å². The Hall–Kier alpha value is -1.42. The highest BCUT2D eigenvalue weighted by Gasteiger charge is 2.14. The molecule has 19 heavy (non-hydrogen) atoms. The lowest BCUT2D eigenvalue weighted by Crippen LogP contribution is -2.23. The Kier molecular flexibility index (Phi) is 5.96. The smallest absolute Gasteiger partial charge is 0.224 e. The Morgan fingerprint density at radius 2 is 2.11 bits per heavy atom. The molecule has 0 fully saturated rings. The summed E-state index contributed by atoms with van der Waals surface area (Å²) in [6, 6.07) is 4.37. The molecule has 0 aliphatic rings. The van der Waals surface area contributed by atoms with Crippen molar-refractivity contribution in [3.05, 3.63) is 29.6 Å². The fourth-order valence-electron chi connectivity index (χ4n) is 2.12. The highest BCUT2D eigenvalue weighted by molar-refractivity contribution is 5.91. The molecule has 0 saturated carbocycles. The monoisotopic (exact) mass is 266 g/mol. The lowest BCUT2D eigenvalue weighted by Gasteiger charge is -2.17. The number of hydrogen-bond donors (Lipinski definition) is 2. The Labute approximate surface area is 114 Å². The molecule has 1 rings (SSSR count). The minimum absolute atomic E-state index is 0.107. The number of carbonyl (C=O) groups excluding carboxylic acids is 1. The number of rotatable bonds is 6. The van der Waals surface area contributed by atoms with Gasteiger partial charge in [-0.05, 0) is 49.4 Å². The fourth-order valence-corrected chi connectivity index (χ4v) is 2.12. The number of carbonyl (C=O) groups is 1. The normalized spacial score (nSPS) is 12.5. The third kappa shape index (κ3) is 5.39. The summed E-state index contributed by atoms with van der Waals surface area (Å²) in [4.78, 5) is 11.9. The second-order valence-electron chi connectivity index (χ2n) is 5.44. The van der Waals surface area contributed by atoms with Gasteiger partial charge in [0.1, 0.15) is 5.82 Å². The SMILES string of the molecule is Cc1ccc(F)cc1NC(=O)C[C@@H](CN)CC(C)C. The number of nitrogens with two attached hydrogens (primary N) is 1. The molecule has 0 spiro atoms. The van der Waals surface area contributed by atoms with E-state index < -0.39 is 0 Å². The molecular formula is C15H23FN2O. The maximum Gasteiger partial charge on any atom is 0.224 e. The molecule has 3 N–H and O–H groups in total. The van der Waals surface area contributed by atoms with E-state index in [1.165, 1.54) is 12.1 Å². The van der Waals surface area contributed by atoms with E-state index in [0.29, 0.717) is 24.6 Å². The summed E-state index contributed by atoms with van der Waals surface area (Å²) >= 11 is 0. The number of hydrogen-bond acceptors (Lipinski definition) is 2. The highest BCUT2D eigenvalue weighted by atomic mass is 19.1. The zero-order valence-corrected chi connectivity index (χ0v) is 11.9. The number of anilines is 1. The van der Waals surface area contributed by atoms with Crippen LogP contribution < -0.4 is 11.1 Å². The molecule has 0 bridgehead atoms. The summed E-state index contributed by atoms with van der Waals surface area (Å²) in [6.45, 7) is 6.55. The van der Waals surface area contributed by atoms with Crippen LogP contribution >= 0.6 is 0 Å². The van der Waals surface area contributed by atoms with Crippen molar-refractivity contribution in [2.45, 2.75) is 33.6 Å². The second-order valence-corrected chi connectivity index (χ2v) is 5.44. The number of amides is 1. The lowest BCUT2D eigenvalue weighted by molar-refractivity contribution is -0.117. The molecule has 4 heteroatoms. The van der Waals surface area contributed by atoms with Crippen LogP contribution in [0.1, 0.15) is 32.3 Å². The predicted octanol–water partition coefficient (Wildman–Crippen LogP) is 3.08. The summed E-state index contributed by atoms with van der Waals surface area (Å²) in [5.41, 5.74) is 7.06. The molecule has 106 valence electrons. The van der Waals surface area contributed by atoms with Gasteiger partial charge in [-0.1, -0.05) is 19.9 Å². The average molecular weight is 266 g/mol. The van der Waals surface area contributed by atoms with Crippen LogP contribution in [-0.2, 0) is 4.79 Å². The topological polar surface area (TPSA) is 55.1 Å². The molecular weight excluding hydrogens is 243 g/mol. The van der Waals surface area contributed by atoms with Crippen LogP contribution in [0.3, 0.4) is 0 Å². The molecule has 3 nitrogen and oxygen atoms in total. The largest absolute Gasteiger partial charge is 0.330 e. The van der Waals surface area contributed by atoms with Gasteiger partial charge in [0.15, 0.2) is 0 Å². The Morgan fingerprint density at radius 1 is 1.42 bits per heavy atom. The predicted molar refractivity (Wildman–Crippen MR) is 76.4 cm³/mol. The molecule has 0 saturated heterocycles. The van der Waals surface area contributed by atoms with Crippen LogP contribution in [0.5, 0.6) is 0 Å². The summed E-state index contributed by atoms with van der Waals surface area (Å²) < 4.78 is 13.1. The first-order chi connectivity index (χ1) is 8.92. The average Bonchev–Trinajstić information content (AvgIpc) is 2.32. The Morgan fingerprint density at radius 3 is 2.68 bits per heavy atom. The van der Waals surface area contributed by atoms with E-state index in [9.17, 15) is 9.18 Å².